The van der Waals surface area contributed by atoms with Crippen LogP contribution in [0.2, 0.25) is 5.02 Å². The molecule has 0 saturated carbocycles. The normalized spacial score (nSPS) is 19.7. The van der Waals surface area contributed by atoms with E-state index in [0.29, 0.717) is 16.1 Å². The van der Waals surface area contributed by atoms with E-state index in [2.05, 4.69) is 5.32 Å². The molecule has 1 amide bonds. The Kier molecular flexibility index (Phi) is 3.92. The van der Waals surface area contributed by atoms with Crippen LogP contribution >= 0.6 is 11.6 Å². The molecule has 3 rings (SSSR count). The number of hydrogen-bond donors (Lipinski definition) is 2. The number of carbonyl (C=O) groups excluding carboxylic acids is 2. The van der Waals surface area contributed by atoms with Crippen LogP contribution in [0.15, 0.2) is 54.1 Å². The Morgan fingerprint density at radius 1 is 1.04 bits per heavy atom. The van der Waals surface area contributed by atoms with Gasteiger partial charge in [-0.15, -0.1) is 0 Å². The number of nitrogens with one attached hydrogen (secondary N) is 1. The summed E-state index contributed by atoms with van der Waals surface area (Å²) in [5.41, 5.74) is 2.27. The molecule has 5 heteroatoms. The molecule has 1 atom stereocenters. The van der Waals surface area contributed by atoms with E-state index in [1.807, 2.05) is 19.1 Å². The number of aliphatic hydroxyl groups excluding tert-OH is 1. The second-order valence-corrected chi connectivity index (χ2v) is 5.85. The summed E-state index contributed by atoms with van der Waals surface area (Å²) < 4.78 is 0. The van der Waals surface area contributed by atoms with Gasteiger partial charge in [-0.25, -0.2) is 0 Å². The summed E-state index contributed by atoms with van der Waals surface area (Å²) in [6.45, 7) is 1.93. The molecule has 116 valence electrons. The smallest absolute Gasteiger partial charge is 0.293 e. The van der Waals surface area contributed by atoms with Gasteiger partial charge in [0.1, 0.15) is 5.76 Å². The number of carbonyl (C=O) groups is 2. The number of Topliss-reactive ketones (excluding diaryl/α,β-unsaturated/α-hetero) is 1. The Morgan fingerprint density at radius 3 is 2.26 bits per heavy atom. The van der Waals surface area contributed by atoms with Crippen LogP contribution in [0.5, 0.6) is 0 Å². The first-order valence-electron chi connectivity index (χ1n) is 7.08. The Labute approximate surface area is 138 Å². The third-order valence-corrected chi connectivity index (χ3v) is 4.05. The molecule has 0 bridgehead atoms. The van der Waals surface area contributed by atoms with Crippen LogP contribution in [0.25, 0.3) is 5.76 Å². The van der Waals surface area contributed by atoms with Gasteiger partial charge in [0, 0.05) is 10.6 Å². The van der Waals surface area contributed by atoms with Gasteiger partial charge in [-0.05, 0) is 24.6 Å². The number of aliphatic hydroxyl groups is 1. The molecule has 0 unspecified atom stereocenters. The van der Waals surface area contributed by atoms with Crippen molar-refractivity contribution in [2.75, 3.05) is 0 Å². The van der Waals surface area contributed by atoms with Gasteiger partial charge in [-0.1, -0.05) is 53.6 Å². The first-order valence-corrected chi connectivity index (χ1v) is 7.46. The number of halogens is 1. The predicted molar refractivity (Wildman–Crippen MR) is 88.1 cm³/mol. The Balaban J connectivity index is 2.10. The lowest BCUT2D eigenvalue weighted by molar-refractivity contribution is -0.133. The van der Waals surface area contributed by atoms with Crippen LogP contribution in [0, 0.1) is 6.92 Å². The van der Waals surface area contributed by atoms with Crippen LogP contribution in [-0.4, -0.2) is 16.8 Å². The molecule has 0 aliphatic carbocycles. The summed E-state index contributed by atoms with van der Waals surface area (Å²) in [4.78, 5) is 24.0. The molecule has 2 aromatic rings. The molecule has 23 heavy (non-hydrogen) atoms. The van der Waals surface area contributed by atoms with Gasteiger partial charge in [-0.2, -0.15) is 0 Å². The molecule has 0 spiro atoms. The first kappa shape index (κ1) is 15.3. The van der Waals surface area contributed by atoms with E-state index in [1.54, 1.807) is 36.4 Å². The lowest BCUT2D eigenvalue weighted by atomic mass is 9.95. The highest BCUT2D eigenvalue weighted by atomic mass is 35.5. The standard InChI is InChI=1S/C18H14ClNO3/c1-10-2-4-12(5-3-10)16(21)14-15(20-18(23)17(14)22)11-6-8-13(19)9-7-11/h2-9,15,21H,1H3,(H,20,23)/t15-/m0/s1. The largest absolute Gasteiger partial charge is 0.507 e. The number of hydrogen-bond acceptors (Lipinski definition) is 3. The van der Waals surface area contributed by atoms with E-state index < -0.39 is 17.7 Å². The van der Waals surface area contributed by atoms with Crippen molar-refractivity contribution < 1.29 is 14.7 Å². The van der Waals surface area contributed by atoms with Crippen molar-refractivity contribution in [3.63, 3.8) is 0 Å². The van der Waals surface area contributed by atoms with Crippen LogP contribution in [0.3, 0.4) is 0 Å². The highest BCUT2D eigenvalue weighted by Gasteiger charge is 2.39. The zero-order chi connectivity index (χ0) is 16.6. The van der Waals surface area contributed by atoms with Gasteiger partial charge in [0.25, 0.3) is 11.7 Å². The quantitative estimate of drug-likeness (QED) is 0.505. The monoisotopic (exact) mass is 327 g/mol. The van der Waals surface area contributed by atoms with Crippen LogP contribution in [0.4, 0.5) is 0 Å². The fourth-order valence-electron chi connectivity index (χ4n) is 2.54. The fourth-order valence-corrected chi connectivity index (χ4v) is 2.66. The minimum absolute atomic E-state index is 0.0566. The fraction of sp³-hybridized carbons (Fsp3) is 0.111. The third-order valence-electron chi connectivity index (χ3n) is 3.80. The Hall–Kier alpha value is -2.59. The zero-order valence-electron chi connectivity index (χ0n) is 12.3. The van der Waals surface area contributed by atoms with Crippen molar-refractivity contribution in [2.24, 2.45) is 0 Å². The molecule has 1 aliphatic rings. The number of benzene rings is 2. The molecule has 1 saturated heterocycles. The number of ketones is 1. The average Bonchev–Trinajstić information content (AvgIpc) is 2.84. The van der Waals surface area contributed by atoms with Crippen molar-refractivity contribution >= 4 is 29.1 Å². The predicted octanol–water partition coefficient (Wildman–Crippen LogP) is 3.36. The summed E-state index contributed by atoms with van der Waals surface area (Å²) in [7, 11) is 0. The first-order chi connectivity index (χ1) is 11.0. The van der Waals surface area contributed by atoms with Gasteiger partial charge < -0.3 is 10.4 Å². The summed E-state index contributed by atoms with van der Waals surface area (Å²) in [5.74, 6) is -1.63. The van der Waals surface area contributed by atoms with Gasteiger partial charge in [0.2, 0.25) is 0 Å². The number of rotatable bonds is 2. The summed E-state index contributed by atoms with van der Waals surface area (Å²) in [6.07, 6.45) is 0. The van der Waals surface area contributed by atoms with E-state index in [-0.39, 0.29) is 11.3 Å². The highest BCUT2D eigenvalue weighted by Crippen LogP contribution is 2.33. The molecular weight excluding hydrogens is 314 g/mol. The second-order valence-electron chi connectivity index (χ2n) is 5.42. The lowest BCUT2D eigenvalue weighted by Gasteiger charge is -2.14. The molecule has 2 N–H and O–H groups in total. The number of aryl methyl sites for hydroxylation is 1. The van der Waals surface area contributed by atoms with Crippen molar-refractivity contribution in [1.82, 2.24) is 5.32 Å². The van der Waals surface area contributed by atoms with Gasteiger partial charge in [0.05, 0.1) is 11.6 Å². The summed E-state index contributed by atoms with van der Waals surface area (Å²) >= 11 is 5.87. The highest BCUT2D eigenvalue weighted by molar-refractivity contribution is 6.46. The van der Waals surface area contributed by atoms with Gasteiger partial charge in [0.15, 0.2) is 0 Å². The van der Waals surface area contributed by atoms with Gasteiger partial charge in [-0.3, -0.25) is 9.59 Å². The van der Waals surface area contributed by atoms with E-state index >= 15 is 0 Å². The minimum atomic E-state index is -0.724. The summed E-state index contributed by atoms with van der Waals surface area (Å²) in [5, 5.41) is 13.7. The maximum atomic E-state index is 12.2. The van der Waals surface area contributed by atoms with Crippen LogP contribution in [0.1, 0.15) is 22.7 Å². The van der Waals surface area contributed by atoms with E-state index in [1.165, 1.54) is 0 Å². The third kappa shape index (κ3) is 2.85. The summed E-state index contributed by atoms with van der Waals surface area (Å²) in [6, 6.07) is 13.2. The van der Waals surface area contributed by atoms with Crippen molar-refractivity contribution in [3.05, 3.63) is 75.8 Å². The molecule has 2 aromatic carbocycles. The minimum Gasteiger partial charge on any atom is -0.507 e. The SMILES string of the molecule is Cc1ccc(C(O)=C2C(=O)C(=O)N[C@H]2c2ccc(Cl)cc2)cc1. The van der Waals surface area contributed by atoms with Crippen molar-refractivity contribution in [3.8, 4) is 0 Å². The van der Waals surface area contributed by atoms with E-state index in [4.69, 9.17) is 11.6 Å². The number of amides is 1. The van der Waals surface area contributed by atoms with Crippen LogP contribution in [-0.2, 0) is 9.59 Å². The van der Waals surface area contributed by atoms with Crippen molar-refractivity contribution in [1.29, 1.82) is 0 Å². The molecule has 4 nitrogen and oxygen atoms in total. The molecule has 0 aromatic heterocycles. The van der Waals surface area contributed by atoms with Crippen LogP contribution < -0.4 is 5.32 Å². The molecule has 1 aliphatic heterocycles. The molecule has 1 fully saturated rings. The molecular formula is C18H14ClNO3. The second kappa shape index (κ2) is 5.89. The molecule has 1 heterocycles. The Bertz CT molecular complexity index is 807. The zero-order valence-corrected chi connectivity index (χ0v) is 13.1. The Morgan fingerprint density at radius 2 is 1.65 bits per heavy atom. The van der Waals surface area contributed by atoms with E-state index in [0.717, 1.165) is 5.56 Å². The van der Waals surface area contributed by atoms with Crippen molar-refractivity contribution in [2.45, 2.75) is 13.0 Å². The molecule has 0 radical (unpaired) electrons. The topological polar surface area (TPSA) is 66.4 Å². The average molecular weight is 328 g/mol. The lowest BCUT2D eigenvalue weighted by Crippen LogP contribution is -2.21. The van der Waals surface area contributed by atoms with Gasteiger partial charge >= 0.3 is 0 Å². The maximum absolute atomic E-state index is 12.2. The van der Waals surface area contributed by atoms with E-state index in [9.17, 15) is 14.7 Å². The maximum Gasteiger partial charge on any atom is 0.293 e.